The zero-order valence-corrected chi connectivity index (χ0v) is 6.72. The molecule has 1 heterocycles. The summed E-state index contributed by atoms with van der Waals surface area (Å²) in [5.74, 6) is 0. The van der Waals surface area contributed by atoms with E-state index in [2.05, 4.69) is 4.98 Å². The van der Waals surface area contributed by atoms with E-state index in [-0.39, 0.29) is 16.3 Å². The van der Waals surface area contributed by atoms with E-state index in [1.54, 1.807) is 0 Å². The van der Waals surface area contributed by atoms with Gasteiger partial charge in [-0.2, -0.15) is 0 Å². The van der Waals surface area contributed by atoms with Gasteiger partial charge in [0.15, 0.2) is 0 Å². The van der Waals surface area contributed by atoms with Crippen LogP contribution in [0.15, 0.2) is 12.3 Å². The summed E-state index contributed by atoms with van der Waals surface area (Å²) >= 11 is 5.39. The smallest absolute Gasteiger partial charge is 0.264 e. The fourth-order valence-corrected chi connectivity index (χ4v) is 0.974. The van der Waals surface area contributed by atoms with E-state index < -0.39 is 13.0 Å². The molecule has 0 aromatic carbocycles. The molecule has 12 heavy (non-hydrogen) atoms. The van der Waals surface area contributed by atoms with Crippen LogP contribution in [0.4, 0.5) is 8.78 Å². The average molecular weight is 194 g/mol. The van der Waals surface area contributed by atoms with E-state index in [9.17, 15) is 8.78 Å². The van der Waals surface area contributed by atoms with Crippen LogP contribution in [0.1, 0.15) is 17.6 Å². The SMILES string of the molecule is OCc1cnc(Cl)cc1C(F)F. The quantitative estimate of drug-likeness (QED) is 0.731. The van der Waals surface area contributed by atoms with Crippen molar-refractivity contribution in [1.29, 1.82) is 0 Å². The zero-order valence-electron chi connectivity index (χ0n) is 5.97. The third kappa shape index (κ3) is 1.89. The predicted molar refractivity (Wildman–Crippen MR) is 40.1 cm³/mol. The molecule has 0 aliphatic heterocycles. The molecular formula is C7H6ClF2NO. The number of hydrogen-bond donors (Lipinski definition) is 1. The maximum absolute atomic E-state index is 12.2. The number of alkyl halides is 2. The molecule has 0 saturated carbocycles. The van der Waals surface area contributed by atoms with E-state index in [0.717, 1.165) is 12.3 Å². The van der Waals surface area contributed by atoms with Crippen molar-refractivity contribution in [2.24, 2.45) is 0 Å². The standard InChI is InChI=1S/C7H6ClF2NO/c8-6-1-5(7(9)10)4(3-12)2-11-6/h1-2,7,12H,3H2. The van der Waals surface area contributed by atoms with Crippen LogP contribution in [0.25, 0.3) is 0 Å². The molecule has 2 nitrogen and oxygen atoms in total. The molecule has 0 fully saturated rings. The first-order valence-electron chi connectivity index (χ1n) is 3.18. The summed E-state index contributed by atoms with van der Waals surface area (Å²) in [6, 6.07) is 1.05. The first kappa shape index (κ1) is 9.35. The minimum absolute atomic E-state index is 0.00231. The number of rotatable bonds is 2. The zero-order chi connectivity index (χ0) is 9.14. The van der Waals surface area contributed by atoms with Crippen LogP contribution in [0, 0.1) is 0 Å². The Morgan fingerprint density at radius 3 is 2.75 bits per heavy atom. The summed E-state index contributed by atoms with van der Waals surface area (Å²) in [5.41, 5.74) is -0.160. The number of hydrogen-bond acceptors (Lipinski definition) is 2. The van der Waals surface area contributed by atoms with Crippen LogP contribution < -0.4 is 0 Å². The van der Waals surface area contributed by atoms with Gasteiger partial charge in [0.1, 0.15) is 5.15 Å². The molecule has 0 atom stereocenters. The van der Waals surface area contributed by atoms with E-state index >= 15 is 0 Å². The van der Waals surface area contributed by atoms with Crippen LogP contribution in [0.2, 0.25) is 5.15 Å². The third-order valence-electron chi connectivity index (χ3n) is 1.39. The summed E-state index contributed by atoms with van der Waals surface area (Å²) in [7, 11) is 0. The second kappa shape index (κ2) is 3.78. The summed E-state index contributed by atoms with van der Waals surface area (Å²) in [6.07, 6.45) is -1.49. The van der Waals surface area contributed by atoms with Crippen molar-refractivity contribution in [2.45, 2.75) is 13.0 Å². The fourth-order valence-electron chi connectivity index (χ4n) is 0.808. The van der Waals surface area contributed by atoms with Crippen molar-refractivity contribution in [3.63, 3.8) is 0 Å². The van der Waals surface area contributed by atoms with Gasteiger partial charge in [-0.1, -0.05) is 11.6 Å². The number of nitrogens with zero attached hydrogens (tertiary/aromatic N) is 1. The molecule has 0 saturated heterocycles. The van der Waals surface area contributed by atoms with E-state index in [1.807, 2.05) is 0 Å². The molecule has 1 rings (SSSR count). The summed E-state index contributed by atoms with van der Waals surface area (Å²) in [5, 5.41) is 8.64. The van der Waals surface area contributed by atoms with Crippen LogP contribution in [0.5, 0.6) is 0 Å². The van der Waals surface area contributed by atoms with Crippen molar-refractivity contribution >= 4 is 11.6 Å². The van der Waals surface area contributed by atoms with Crippen molar-refractivity contribution < 1.29 is 13.9 Å². The van der Waals surface area contributed by atoms with Gasteiger partial charge in [0.25, 0.3) is 6.43 Å². The monoisotopic (exact) mass is 193 g/mol. The highest BCUT2D eigenvalue weighted by molar-refractivity contribution is 6.29. The Balaban J connectivity index is 3.12. The normalized spacial score (nSPS) is 10.8. The maximum Gasteiger partial charge on any atom is 0.264 e. The molecule has 1 aromatic heterocycles. The van der Waals surface area contributed by atoms with Crippen LogP contribution in [-0.2, 0) is 6.61 Å². The number of aliphatic hydroxyl groups excluding tert-OH is 1. The Morgan fingerprint density at radius 1 is 1.58 bits per heavy atom. The summed E-state index contributed by atoms with van der Waals surface area (Å²) < 4.78 is 24.4. The first-order chi connectivity index (χ1) is 5.65. The van der Waals surface area contributed by atoms with Gasteiger partial charge in [0, 0.05) is 17.3 Å². The van der Waals surface area contributed by atoms with E-state index in [1.165, 1.54) is 0 Å². The molecule has 66 valence electrons. The fraction of sp³-hybridized carbons (Fsp3) is 0.286. The molecule has 0 bridgehead atoms. The minimum Gasteiger partial charge on any atom is -0.392 e. The van der Waals surface area contributed by atoms with Gasteiger partial charge in [0.2, 0.25) is 0 Å². The molecule has 1 N–H and O–H groups in total. The van der Waals surface area contributed by atoms with Gasteiger partial charge in [0.05, 0.1) is 6.61 Å². The number of aliphatic hydroxyl groups is 1. The maximum atomic E-state index is 12.2. The Labute approximate surface area is 72.8 Å². The van der Waals surface area contributed by atoms with Crippen molar-refractivity contribution in [2.75, 3.05) is 0 Å². The lowest BCUT2D eigenvalue weighted by Crippen LogP contribution is -1.95. The van der Waals surface area contributed by atoms with E-state index in [0.29, 0.717) is 0 Å². The lowest BCUT2D eigenvalue weighted by molar-refractivity contribution is 0.147. The second-order valence-corrected chi connectivity index (χ2v) is 2.55. The predicted octanol–water partition coefficient (Wildman–Crippen LogP) is 2.16. The van der Waals surface area contributed by atoms with Crippen LogP contribution in [0.3, 0.4) is 0 Å². The molecule has 0 aliphatic carbocycles. The van der Waals surface area contributed by atoms with Gasteiger partial charge >= 0.3 is 0 Å². The van der Waals surface area contributed by atoms with Gasteiger partial charge in [-0.15, -0.1) is 0 Å². The Hall–Kier alpha value is -0.740. The molecular weight excluding hydrogens is 188 g/mol. The Morgan fingerprint density at radius 2 is 2.25 bits per heavy atom. The third-order valence-corrected chi connectivity index (χ3v) is 1.60. The van der Waals surface area contributed by atoms with Crippen molar-refractivity contribution in [1.82, 2.24) is 4.98 Å². The highest BCUT2D eigenvalue weighted by Crippen LogP contribution is 2.24. The largest absolute Gasteiger partial charge is 0.392 e. The second-order valence-electron chi connectivity index (χ2n) is 2.16. The number of halogens is 3. The molecule has 0 unspecified atom stereocenters. The number of aromatic nitrogens is 1. The molecule has 1 aromatic rings. The summed E-state index contributed by atoms with van der Waals surface area (Å²) in [4.78, 5) is 3.57. The molecule has 0 aliphatic rings. The summed E-state index contributed by atoms with van der Waals surface area (Å²) in [6.45, 7) is -0.455. The highest BCUT2D eigenvalue weighted by Gasteiger charge is 2.12. The molecule has 0 amide bonds. The minimum atomic E-state index is -2.63. The lowest BCUT2D eigenvalue weighted by Gasteiger charge is -2.04. The molecule has 0 spiro atoms. The Kier molecular flexibility index (Phi) is 2.94. The Bertz CT molecular complexity index is 280. The average Bonchev–Trinajstić information content (AvgIpc) is 2.04. The molecule has 0 radical (unpaired) electrons. The van der Waals surface area contributed by atoms with Gasteiger partial charge in [-0.05, 0) is 6.07 Å². The first-order valence-corrected chi connectivity index (χ1v) is 3.56. The van der Waals surface area contributed by atoms with Crippen LogP contribution >= 0.6 is 11.6 Å². The number of pyridine rings is 1. The molecule has 5 heteroatoms. The van der Waals surface area contributed by atoms with Gasteiger partial charge < -0.3 is 5.11 Å². The van der Waals surface area contributed by atoms with Crippen molar-refractivity contribution in [3.05, 3.63) is 28.5 Å². The van der Waals surface area contributed by atoms with E-state index in [4.69, 9.17) is 16.7 Å². The van der Waals surface area contributed by atoms with Crippen LogP contribution in [-0.4, -0.2) is 10.1 Å². The lowest BCUT2D eigenvalue weighted by atomic mass is 10.1. The topological polar surface area (TPSA) is 33.1 Å². The van der Waals surface area contributed by atoms with Gasteiger partial charge in [-0.3, -0.25) is 0 Å². The van der Waals surface area contributed by atoms with Gasteiger partial charge in [-0.25, -0.2) is 13.8 Å². The highest BCUT2D eigenvalue weighted by atomic mass is 35.5. The van der Waals surface area contributed by atoms with Crippen molar-refractivity contribution in [3.8, 4) is 0 Å².